The van der Waals surface area contributed by atoms with Gasteiger partial charge in [0.15, 0.2) is 0 Å². The molecule has 114 valence electrons. The van der Waals surface area contributed by atoms with E-state index in [0.717, 1.165) is 5.56 Å². The highest BCUT2D eigenvalue weighted by atomic mass is 32.1. The van der Waals surface area contributed by atoms with Gasteiger partial charge in [0.25, 0.3) is 11.8 Å². The number of amides is 2. The molecule has 0 saturated heterocycles. The Hall–Kier alpha value is -2.40. The van der Waals surface area contributed by atoms with Gasteiger partial charge < -0.3 is 0 Å². The van der Waals surface area contributed by atoms with Crippen LogP contribution >= 0.6 is 11.3 Å². The predicted octanol–water partition coefficient (Wildman–Crippen LogP) is 3.35. The second kappa shape index (κ2) is 7.56. The van der Waals surface area contributed by atoms with Gasteiger partial charge in [-0.1, -0.05) is 44.2 Å². The maximum absolute atomic E-state index is 11.7. The maximum Gasteiger partial charge on any atom is 0.279 e. The standard InChI is InChI=1S/C17H18N2O2S/c1-12(2)14-8-5-13(6-9-14)7-10-16(20)18-19-17(21)15-4-3-11-22-15/h3-12H,1-2H3,(H,18,20)(H,19,21)/b10-7+. The fourth-order valence-electron chi connectivity index (χ4n) is 1.79. The van der Waals surface area contributed by atoms with E-state index in [1.54, 1.807) is 23.6 Å². The van der Waals surface area contributed by atoms with Crippen molar-refractivity contribution in [3.8, 4) is 0 Å². The van der Waals surface area contributed by atoms with Gasteiger partial charge in [-0.05, 0) is 34.6 Å². The molecule has 22 heavy (non-hydrogen) atoms. The fourth-order valence-corrected chi connectivity index (χ4v) is 2.41. The largest absolute Gasteiger partial charge is 0.279 e. The summed E-state index contributed by atoms with van der Waals surface area (Å²) < 4.78 is 0. The molecule has 4 nitrogen and oxygen atoms in total. The molecule has 0 spiro atoms. The molecule has 0 atom stereocenters. The van der Waals surface area contributed by atoms with Crippen molar-refractivity contribution in [1.82, 2.24) is 10.9 Å². The third-order valence-electron chi connectivity index (χ3n) is 3.07. The quantitative estimate of drug-likeness (QED) is 0.671. The number of benzene rings is 1. The van der Waals surface area contributed by atoms with Crippen LogP contribution in [0.15, 0.2) is 47.9 Å². The molecule has 0 aliphatic heterocycles. The van der Waals surface area contributed by atoms with E-state index < -0.39 is 0 Å². The Kier molecular flexibility index (Phi) is 5.49. The first kappa shape index (κ1) is 16.0. The van der Waals surface area contributed by atoms with Gasteiger partial charge in [-0.2, -0.15) is 0 Å². The Morgan fingerprint density at radius 1 is 1.09 bits per heavy atom. The minimum atomic E-state index is -0.377. The summed E-state index contributed by atoms with van der Waals surface area (Å²) in [6.45, 7) is 4.27. The summed E-state index contributed by atoms with van der Waals surface area (Å²) in [4.78, 5) is 23.9. The molecule has 5 heteroatoms. The van der Waals surface area contributed by atoms with Gasteiger partial charge in [-0.15, -0.1) is 11.3 Å². The van der Waals surface area contributed by atoms with Gasteiger partial charge in [-0.3, -0.25) is 20.4 Å². The van der Waals surface area contributed by atoms with Crippen LogP contribution in [0.1, 0.15) is 40.6 Å². The zero-order valence-corrected chi connectivity index (χ0v) is 13.3. The third kappa shape index (κ3) is 4.56. The highest BCUT2D eigenvalue weighted by Gasteiger charge is 2.06. The van der Waals surface area contributed by atoms with Crippen LogP contribution in [0.3, 0.4) is 0 Å². The van der Waals surface area contributed by atoms with Crippen LogP contribution in [0.4, 0.5) is 0 Å². The van der Waals surface area contributed by atoms with Gasteiger partial charge in [0.05, 0.1) is 4.88 Å². The monoisotopic (exact) mass is 314 g/mol. The van der Waals surface area contributed by atoms with Crippen LogP contribution in [0.5, 0.6) is 0 Å². The lowest BCUT2D eigenvalue weighted by Gasteiger charge is -2.05. The van der Waals surface area contributed by atoms with E-state index in [1.807, 2.05) is 24.3 Å². The number of carbonyl (C=O) groups excluding carboxylic acids is 2. The number of hydrazine groups is 1. The molecule has 1 aromatic carbocycles. The van der Waals surface area contributed by atoms with E-state index >= 15 is 0 Å². The Labute approximate surface area is 133 Å². The van der Waals surface area contributed by atoms with Crippen molar-refractivity contribution in [1.29, 1.82) is 0 Å². The Morgan fingerprint density at radius 2 is 1.82 bits per heavy atom. The Balaban J connectivity index is 1.84. The van der Waals surface area contributed by atoms with Crippen molar-refractivity contribution < 1.29 is 9.59 Å². The number of hydrogen-bond donors (Lipinski definition) is 2. The summed E-state index contributed by atoms with van der Waals surface area (Å²) in [6, 6.07) is 11.5. The average molecular weight is 314 g/mol. The van der Waals surface area contributed by atoms with E-state index in [2.05, 4.69) is 24.7 Å². The van der Waals surface area contributed by atoms with Crippen LogP contribution in [0.25, 0.3) is 6.08 Å². The van der Waals surface area contributed by atoms with Crippen LogP contribution in [-0.2, 0) is 4.79 Å². The second-order valence-corrected chi connectivity index (χ2v) is 6.02. The first-order chi connectivity index (χ1) is 10.6. The summed E-state index contributed by atoms with van der Waals surface area (Å²) in [6.07, 6.45) is 3.09. The van der Waals surface area contributed by atoms with Gasteiger partial charge in [-0.25, -0.2) is 0 Å². The molecule has 0 fully saturated rings. The lowest BCUT2D eigenvalue weighted by molar-refractivity contribution is -0.117. The maximum atomic E-state index is 11.7. The van der Waals surface area contributed by atoms with Crippen LogP contribution in [0.2, 0.25) is 0 Å². The van der Waals surface area contributed by atoms with E-state index in [-0.39, 0.29) is 11.8 Å². The van der Waals surface area contributed by atoms with Crippen LogP contribution in [0, 0.1) is 0 Å². The van der Waals surface area contributed by atoms with Gasteiger partial charge in [0, 0.05) is 6.08 Å². The molecular weight excluding hydrogens is 296 g/mol. The molecular formula is C17H18N2O2S. The third-order valence-corrected chi connectivity index (χ3v) is 3.94. The summed E-state index contributed by atoms with van der Waals surface area (Å²) >= 11 is 1.32. The highest BCUT2D eigenvalue weighted by Crippen LogP contribution is 2.15. The zero-order chi connectivity index (χ0) is 15.9. The van der Waals surface area contributed by atoms with Gasteiger partial charge in [0.2, 0.25) is 0 Å². The Morgan fingerprint density at radius 3 is 2.41 bits per heavy atom. The summed E-state index contributed by atoms with van der Waals surface area (Å²) in [5, 5.41) is 1.80. The lowest BCUT2D eigenvalue weighted by atomic mass is 10.0. The van der Waals surface area contributed by atoms with E-state index in [1.165, 1.54) is 23.0 Å². The molecule has 2 rings (SSSR count). The molecule has 0 saturated carbocycles. The van der Waals surface area contributed by atoms with Crippen molar-refractivity contribution in [3.05, 3.63) is 63.9 Å². The average Bonchev–Trinajstić information content (AvgIpc) is 3.05. The smallest absolute Gasteiger partial charge is 0.268 e. The Bertz CT molecular complexity index is 658. The molecule has 0 bridgehead atoms. The SMILES string of the molecule is CC(C)c1ccc(/C=C/C(=O)NNC(=O)c2cccs2)cc1. The number of hydrogen-bond acceptors (Lipinski definition) is 3. The van der Waals surface area contributed by atoms with Crippen molar-refractivity contribution >= 4 is 29.2 Å². The first-order valence-electron chi connectivity index (χ1n) is 6.98. The van der Waals surface area contributed by atoms with Crippen molar-refractivity contribution in [3.63, 3.8) is 0 Å². The molecule has 1 heterocycles. The molecule has 2 N–H and O–H groups in total. The normalized spacial score (nSPS) is 10.9. The van der Waals surface area contributed by atoms with E-state index in [9.17, 15) is 9.59 Å². The fraction of sp³-hybridized carbons (Fsp3) is 0.176. The van der Waals surface area contributed by atoms with Crippen LogP contribution in [-0.4, -0.2) is 11.8 Å². The lowest BCUT2D eigenvalue weighted by Crippen LogP contribution is -2.40. The minimum absolute atomic E-state index is 0.321. The van der Waals surface area contributed by atoms with Gasteiger partial charge in [0.1, 0.15) is 0 Å². The number of rotatable bonds is 4. The van der Waals surface area contributed by atoms with E-state index in [4.69, 9.17) is 0 Å². The summed E-state index contributed by atoms with van der Waals surface area (Å²) in [7, 11) is 0. The van der Waals surface area contributed by atoms with Crippen molar-refractivity contribution in [2.24, 2.45) is 0 Å². The molecule has 0 radical (unpaired) electrons. The minimum Gasteiger partial charge on any atom is -0.268 e. The first-order valence-corrected chi connectivity index (χ1v) is 7.86. The molecule has 0 unspecified atom stereocenters. The number of carbonyl (C=O) groups is 2. The summed E-state index contributed by atoms with van der Waals surface area (Å²) in [5.74, 6) is -0.218. The van der Waals surface area contributed by atoms with Crippen molar-refractivity contribution in [2.45, 2.75) is 19.8 Å². The summed E-state index contributed by atoms with van der Waals surface area (Å²) in [5.41, 5.74) is 6.91. The van der Waals surface area contributed by atoms with Crippen molar-refractivity contribution in [2.75, 3.05) is 0 Å². The van der Waals surface area contributed by atoms with Crippen LogP contribution < -0.4 is 10.9 Å². The van der Waals surface area contributed by atoms with E-state index in [0.29, 0.717) is 10.8 Å². The molecule has 0 aliphatic carbocycles. The molecule has 1 aromatic heterocycles. The second-order valence-electron chi connectivity index (χ2n) is 5.08. The topological polar surface area (TPSA) is 58.2 Å². The molecule has 2 amide bonds. The number of thiophene rings is 1. The zero-order valence-electron chi connectivity index (χ0n) is 12.5. The van der Waals surface area contributed by atoms with Gasteiger partial charge >= 0.3 is 0 Å². The predicted molar refractivity (Wildman–Crippen MR) is 89.5 cm³/mol. The highest BCUT2D eigenvalue weighted by molar-refractivity contribution is 7.12. The molecule has 2 aromatic rings. The number of nitrogens with one attached hydrogen (secondary N) is 2. The molecule has 0 aliphatic rings.